The highest BCUT2D eigenvalue weighted by molar-refractivity contribution is 5.79. The summed E-state index contributed by atoms with van der Waals surface area (Å²) in [6.45, 7) is 2.88. The van der Waals surface area contributed by atoms with Gasteiger partial charge in [-0.15, -0.1) is 0 Å². The number of hydrogen-bond acceptors (Lipinski definition) is 3. The summed E-state index contributed by atoms with van der Waals surface area (Å²) in [5.41, 5.74) is -0.0395. The van der Waals surface area contributed by atoms with E-state index in [0.717, 1.165) is 26.1 Å². The van der Waals surface area contributed by atoms with Crippen molar-refractivity contribution in [1.29, 1.82) is 0 Å². The Morgan fingerprint density at radius 3 is 2.40 bits per heavy atom. The molecule has 0 radical (unpaired) electrons. The van der Waals surface area contributed by atoms with E-state index in [-0.39, 0.29) is 5.41 Å². The molecule has 0 aromatic heterocycles. The lowest BCUT2D eigenvalue weighted by Crippen LogP contribution is -2.48. The van der Waals surface area contributed by atoms with Gasteiger partial charge in [-0.1, -0.05) is 6.08 Å². The molecule has 15 heavy (non-hydrogen) atoms. The molecule has 2 rings (SSSR count). The Labute approximate surface area is 88.9 Å². The molecule has 2 heterocycles. The summed E-state index contributed by atoms with van der Waals surface area (Å²) in [4.78, 5) is 10.5. The number of ether oxygens (including phenoxy) is 2. The van der Waals surface area contributed by atoms with Crippen LogP contribution in [0.5, 0.6) is 0 Å². The van der Waals surface area contributed by atoms with Gasteiger partial charge in [0.1, 0.15) is 0 Å². The third-order valence-electron chi connectivity index (χ3n) is 3.33. The Bertz CT molecular complexity index is 262. The lowest BCUT2D eigenvalue weighted by molar-refractivity contribution is -0.136. The van der Waals surface area contributed by atoms with Crippen molar-refractivity contribution in [3.63, 3.8) is 0 Å². The molecule has 4 heteroatoms. The van der Waals surface area contributed by atoms with Gasteiger partial charge < -0.3 is 14.6 Å². The summed E-state index contributed by atoms with van der Waals surface area (Å²) in [7, 11) is 0. The average Bonchev–Trinajstić information content (AvgIpc) is 2.17. The smallest absolute Gasteiger partial charge is 0.328 e. The van der Waals surface area contributed by atoms with Crippen LogP contribution in [-0.4, -0.2) is 37.5 Å². The van der Waals surface area contributed by atoms with E-state index in [2.05, 4.69) is 0 Å². The minimum Gasteiger partial charge on any atom is -0.478 e. The minimum atomic E-state index is -0.881. The Hall–Kier alpha value is -0.870. The summed E-state index contributed by atoms with van der Waals surface area (Å²) in [6.07, 6.45) is 5.08. The highest BCUT2D eigenvalue weighted by Gasteiger charge is 2.43. The van der Waals surface area contributed by atoms with Crippen molar-refractivity contribution in [3.8, 4) is 0 Å². The number of carbonyl (C=O) groups is 1. The van der Waals surface area contributed by atoms with Crippen molar-refractivity contribution in [2.24, 2.45) is 11.3 Å². The maximum absolute atomic E-state index is 10.5. The first-order chi connectivity index (χ1) is 7.23. The van der Waals surface area contributed by atoms with Gasteiger partial charge in [0.25, 0.3) is 0 Å². The largest absolute Gasteiger partial charge is 0.478 e. The zero-order valence-corrected chi connectivity index (χ0v) is 8.65. The highest BCUT2D eigenvalue weighted by atomic mass is 16.5. The van der Waals surface area contributed by atoms with Gasteiger partial charge in [0.2, 0.25) is 0 Å². The molecule has 0 spiro atoms. The normalized spacial score (nSPS) is 26.4. The van der Waals surface area contributed by atoms with E-state index in [0.29, 0.717) is 19.1 Å². The molecular weight excluding hydrogens is 196 g/mol. The number of hydrogen-bond donors (Lipinski definition) is 1. The zero-order chi connectivity index (χ0) is 10.7. The van der Waals surface area contributed by atoms with Crippen molar-refractivity contribution in [3.05, 3.63) is 12.2 Å². The van der Waals surface area contributed by atoms with Crippen LogP contribution in [0.15, 0.2) is 12.2 Å². The summed E-state index contributed by atoms with van der Waals surface area (Å²) in [5, 5.41) is 8.64. The van der Waals surface area contributed by atoms with Gasteiger partial charge >= 0.3 is 5.97 Å². The molecular formula is C11H16O4. The first-order valence-corrected chi connectivity index (χ1v) is 5.31. The lowest BCUT2D eigenvalue weighted by atomic mass is 9.70. The van der Waals surface area contributed by atoms with Gasteiger partial charge in [-0.05, 0) is 18.8 Å². The molecule has 0 saturated carbocycles. The van der Waals surface area contributed by atoms with Crippen molar-refractivity contribution < 1.29 is 19.4 Å². The van der Waals surface area contributed by atoms with Crippen LogP contribution in [0.25, 0.3) is 0 Å². The molecule has 1 N–H and O–H groups in total. The number of rotatable bonds is 3. The number of aliphatic carboxylic acids is 1. The second-order valence-corrected chi connectivity index (χ2v) is 4.28. The Balaban J connectivity index is 2.03. The summed E-state index contributed by atoms with van der Waals surface area (Å²) < 4.78 is 10.5. The maximum atomic E-state index is 10.5. The van der Waals surface area contributed by atoms with Crippen LogP contribution in [0.4, 0.5) is 0 Å². The fourth-order valence-corrected chi connectivity index (χ4v) is 2.32. The van der Waals surface area contributed by atoms with Gasteiger partial charge in [-0.25, -0.2) is 4.79 Å². The molecule has 0 aromatic carbocycles. The van der Waals surface area contributed by atoms with E-state index in [9.17, 15) is 4.79 Å². The van der Waals surface area contributed by atoms with Crippen LogP contribution >= 0.6 is 0 Å². The van der Waals surface area contributed by atoms with E-state index in [1.165, 1.54) is 6.08 Å². The van der Waals surface area contributed by atoms with Gasteiger partial charge in [0.05, 0.1) is 13.2 Å². The number of carboxylic acids is 1. The quantitative estimate of drug-likeness (QED) is 0.711. The standard InChI is InChI=1S/C11H16O4/c12-10(13)1-4-11(7-15-8-11)9-2-5-14-6-3-9/h1,4,9H,2-3,5-8H2,(H,12,13)/b4-1+. The van der Waals surface area contributed by atoms with Crippen molar-refractivity contribution in [1.82, 2.24) is 0 Å². The van der Waals surface area contributed by atoms with Crippen LogP contribution in [0.2, 0.25) is 0 Å². The summed E-state index contributed by atoms with van der Waals surface area (Å²) in [5.74, 6) is -0.371. The Kier molecular flexibility index (Phi) is 3.07. The lowest BCUT2D eigenvalue weighted by Gasteiger charge is -2.46. The molecule has 0 aliphatic carbocycles. The fourth-order valence-electron chi connectivity index (χ4n) is 2.32. The predicted molar refractivity (Wildman–Crippen MR) is 53.6 cm³/mol. The molecule has 2 aliphatic rings. The molecule has 0 unspecified atom stereocenters. The van der Waals surface area contributed by atoms with Crippen molar-refractivity contribution >= 4 is 5.97 Å². The van der Waals surface area contributed by atoms with Crippen LogP contribution < -0.4 is 0 Å². The first kappa shape index (κ1) is 10.6. The molecule has 2 saturated heterocycles. The van der Waals surface area contributed by atoms with E-state index < -0.39 is 5.97 Å². The van der Waals surface area contributed by atoms with Crippen LogP contribution in [0, 0.1) is 11.3 Å². The van der Waals surface area contributed by atoms with Gasteiger partial charge in [-0.2, -0.15) is 0 Å². The molecule has 0 atom stereocenters. The Morgan fingerprint density at radius 2 is 1.93 bits per heavy atom. The van der Waals surface area contributed by atoms with Crippen LogP contribution in [-0.2, 0) is 14.3 Å². The molecule has 4 nitrogen and oxygen atoms in total. The van der Waals surface area contributed by atoms with Crippen molar-refractivity contribution in [2.75, 3.05) is 26.4 Å². The third kappa shape index (κ3) is 2.21. The van der Waals surface area contributed by atoms with Crippen molar-refractivity contribution in [2.45, 2.75) is 12.8 Å². The molecule has 0 bridgehead atoms. The van der Waals surface area contributed by atoms with Gasteiger partial charge in [-0.3, -0.25) is 0 Å². The third-order valence-corrected chi connectivity index (χ3v) is 3.33. The molecule has 84 valence electrons. The molecule has 0 aromatic rings. The zero-order valence-electron chi connectivity index (χ0n) is 8.65. The summed E-state index contributed by atoms with van der Waals surface area (Å²) in [6, 6.07) is 0. The van der Waals surface area contributed by atoms with E-state index in [1.54, 1.807) is 0 Å². The highest BCUT2D eigenvalue weighted by Crippen LogP contribution is 2.42. The SMILES string of the molecule is O=C(O)/C=C/C1(C2CCOCC2)COC1. The predicted octanol–water partition coefficient (Wildman–Crippen LogP) is 1.07. The van der Waals surface area contributed by atoms with Crippen LogP contribution in [0.3, 0.4) is 0 Å². The van der Waals surface area contributed by atoms with Gasteiger partial charge in [0.15, 0.2) is 0 Å². The second-order valence-electron chi connectivity index (χ2n) is 4.28. The first-order valence-electron chi connectivity index (χ1n) is 5.31. The molecule has 0 amide bonds. The van der Waals surface area contributed by atoms with E-state index in [1.807, 2.05) is 6.08 Å². The molecule has 2 aliphatic heterocycles. The average molecular weight is 212 g/mol. The molecule has 2 fully saturated rings. The monoisotopic (exact) mass is 212 g/mol. The maximum Gasteiger partial charge on any atom is 0.328 e. The Morgan fingerprint density at radius 1 is 1.27 bits per heavy atom. The fraction of sp³-hybridized carbons (Fsp3) is 0.727. The topological polar surface area (TPSA) is 55.8 Å². The van der Waals surface area contributed by atoms with E-state index >= 15 is 0 Å². The van der Waals surface area contributed by atoms with E-state index in [4.69, 9.17) is 14.6 Å². The second kappa shape index (κ2) is 4.33. The van der Waals surface area contributed by atoms with Gasteiger partial charge in [0, 0.05) is 24.7 Å². The minimum absolute atomic E-state index is 0.0395. The summed E-state index contributed by atoms with van der Waals surface area (Å²) >= 11 is 0. The van der Waals surface area contributed by atoms with Crippen LogP contribution in [0.1, 0.15) is 12.8 Å². The number of carboxylic acid groups (broad SMARTS) is 1.